The first kappa shape index (κ1) is 12.6. The number of hydrogen-bond acceptors (Lipinski definition) is 4. The molecule has 2 aromatic rings. The first-order valence-corrected chi connectivity index (χ1v) is 5.80. The predicted octanol–water partition coefficient (Wildman–Crippen LogP) is 3.42. The van der Waals surface area contributed by atoms with Gasteiger partial charge in [0.1, 0.15) is 11.1 Å². The van der Waals surface area contributed by atoms with Gasteiger partial charge in [-0.3, -0.25) is 0 Å². The fourth-order valence-corrected chi connectivity index (χ4v) is 1.89. The normalized spacial score (nSPS) is 9.89. The molecule has 90 valence electrons. The van der Waals surface area contributed by atoms with Crippen LogP contribution in [0, 0.1) is 11.3 Å². The largest absolute Gasteiger partial charge is 0.327 e. The van der Waals surface area contributed by atoms with Gasteiger partial charge in [-0.25, -0.2) is 4.98 Å². The van der Waals surface area contributed by atoms with Gasteiger partial charge in [0.25, 0.3) is 0 Å². The summed E-state index contributed by atoms with van der Waals surface area (Å²) in [6.45, 7) is 0. The van der Waals surface area contributed by atoms with Crippen LogP contribution in [-0.4, -0.2) is 17.0 Å². The molecule has 0 amide bonds. The van der Waals surface area contributed by atoms with Crippen LogP contribution in [0.3, 0.4) is 0 Å². The van der Waals surface area contributed by atoms with Crippen molar-refractivity contribution in [3.63, 3.8) is 0 Å². The van der Waals surface area contributed by atoms with Crippen LogP contribution < -0.4 is 4.90 Å². The molecule has 18 heavy (non-hydrogen) atoms. The van der Waals surface area contributed by atoms with Gasteiger partial charge in [0.15, 0.2) is 5.82 Å². The third-order valence-corrected chi connectivity index (χ3v) is 2.85. The number of para-hydroxylation sites is 1. The molecule has 0 saturated carbocycles. The quantitative estimate of drug-likeness (QED) is 0.790. The summed E-state index contributed by atoms with van der Waals surface area (Å²) >= 11 is 11.8. The summed E-state index contributed by atoms with van der Waals surface area (Å²) in [5, 5.41) is 9.55. The lowest BCUT2D eigenvalue weighted by Crippen LogP contribution is -2.13. The maximum atomic E-state index is 9.07. The summed E-state index contributed by atoms with van der Waals surface area (Å²) in [6.07, 6.45) is 1.43. The van der Waals surface area contributed by atoms with E-state index in [0.717, 1.165) is 0 Å². The standard InChI is InChI=1S/C12H8Cl2N4/c1-18(10-5-3-2-4-8(10)6-15)11-9(13)7-16-12(14)17-11/h2-5,7H,1H3. The molecular formula is C12H8Cl2N4. The predicted molar refractivity (Wildman–Crippen MR) is 71.3 cm³/mol. The van der Waals surface area contributed by atoms with E-state index in [-0.39, 0.29) is 5.28 Å². The topological polar surface area (TPSA) is 52.8 Å². The van der Waals surface area contributed by atoms with Crippen LogP contribution in [0.5, 0.6) is 0 Å². The number of nitrogens with zero attached hydrogens (tertiary/aromatic N) is 4. The van der Waals surface area contributed by atoms with Crippen molar-refractivity contribution >= 4 is 34.7 Å². The Kier molecular flexibility index (Phi) is 3.66. The summed E-state index contributed by atoms with van der Waals surface area (Å²) in [5.74, 6) is 0.458. The molecule has 0 fully saturated rings. The number of halogens is 2. The average molecular weight is 279 g/mol. The zero-order valence-corrected chi connectivity index (χ0v) is 10.9. The molecule has 0 N–H and O–H groups in total. The van der Waals surface area contributed by atoms with Gasteiger partial charge in [-0.15, -0.1) is 0 Å². The summed E-state index contributed by atoms with van der Waals surface area (Å²) in [4.78, 5) is 9.55. The highest BCUT2D eigenvalue weighted by molar-refractivity contribution is 6.33. The molecule has 0 saturated heterocycles. The van der Waals surface area contributed by atoms with E-state index in [1.807, 2.05) is 12.1 Å². The minimum absolute atomic E-state index is 0.107. The van der Waals surface area contributed by atoms with Gasteiger partial charge in [-0.05, 0) is 23.7 Å². The van der Waals surface area contributed by atoms with Crippen LogP contribution in [0.15, 0.2) is 30.5 Å². The Morgan fingerprint density at radius 2 is 2.00 bits per heavy atom. The van der Waals surface area contributed by atoms with Gasteiger partial charge in [-0.1, -0.05) is 23.7 Å². The van der Waals surface area contributed by atoms with Crippen LogP contribution in [0.2, 0.25) is 10.3 Å². The minimum Gasteiger partial charge on any atom is -0.327 e. The lowest BCUT2D eigenvalue weighted by atomic mass is 10.2. The second kappa shape index (κ2) is 5.21. The summed E-state index contributed by atoms with van der Waals surface area (Å²) in [6, 6.07) is 9.29. The van der Waals surface area contributed by atoms with E-state index in [1.165, 1.54) is 6.20 Å². The van der Waals surface area contributed by atoms with Gasteiger partial charge >= 0.3 is 0 Å². The van der Waals surface area contributed by atoms with E-state index < -0.39 is 0 Å². The first-order chi connectivity index (χ1) is 8.63. The summed E-state index contributed by atoms with van der Waals surface area (Å²) < 4.78 is 0. The fourth-order valence-electron chi connectivity index (χ4n) is 1.55. The van der Waals surface area contributed by atoms with Gasteiger partial charge < -0.3 is 4.90 Å². The van der Waals surface area contributed by atoms with E-state index in [2.05, 4.69) is 16.0 Å². The number of anilines is 2. The van der Waals surface area contributed by atoms with Crippen molar-refractivity contribution < 1.29 is 0 Å². The third kappa shape index (κ3) is 2.37. The SMILES string of the molecule is CN(c1ccccc1C#N)c1nc(Cl)ncc1Cl. The highest BCUT2D eigenvalue weighted by Gasteiger charge is 2.14. The Hall–Kier alpha value is -1.83. The lowest BCUT2D eigenvalue weighted by molar-refractivity contribution is 1.08. The maximum absolute atomic E-state index is 9.07. The van der Waals surface area contributed by atoms with Crippen LogP contribution in [0.4, 0.5) is 11.5 Å². The third-order valence-electron chi connectivity index (χ3n) is 2.40. The first-order valence-electron chi connectivity index (χ1n) is 5.04. The average Bonchev–Trinajstić information content (AvgIpc) is 2.40. The molecule has 1 heterocycles. The minimum atomic E-state index is 0.107. The van der Waals surface area contributed by atoms with Crippen molar-refractivity contribution in [1.29, 1.82) is 5.26 Å². The molecule has 0 aliphatic rings. The molecule has 1 aromatic carbocycles. The van der Waals surface area contributed by atoms with E-state index >= 15 is 0 Å². The molecule has 0 spiro atoms. The second-order valence-electron chi connectivity index (χ2n) is 3.50. The van der Waals surface area contributed by atoms with Crippen molar-refractivity contribution in [2.24, 2.45) is 0 Å². The summed E-state index contributed by atoms with van der Waals surface area (Å²) in [7, 11) is 1.76. The highest BCUT2D eigenvalue weighted by atomic mass is 35.5. The van der Waals surface area contributed by atoms with E-state index in [1.54, 1.807) is 24.1 Å². The molecule has 0 atom stereocenters. The van der Waals surface area contributed by atoms with Crippen molar-refractivity contribution in [2.75, 3.05) is 11.9 Å². The molecule has 1 aromatic heterocycles. The zero-order chi connectivity index (χ0) is 13.1. The van der Waals surface area contributed by atoms with Crippen LogP contribution in [0.25, 0.3) is 0 Å². The fraction of sp³-hybridized carbons (Fsp3) is 0.0833. The Labute approximate surface area is 114 Å². The van der Waals surface area contributed by atoms with E-state index in [9.17, 15) is 0 Å². The van der Waals surface area contributed by atoms with Crippen molar-refractivity contribution in [3.05, 3.63) is 46.3 Å². The van der Waals surface area contributed by atoms with Crippen molar-refractivity contribution in [2.45, 2.75) is 0 Å². The molecular weight excluding hydrogens is 271 g/mol. The van der Waals surface area contributed by atoms with Gasteiger partial charge in [0.2, 0.25) is 5.28 Å². The Bertz CT molecular complexity index is 622. The monoisotopic (exact) mass is 278 g/mol. The van der Waals surface area contributed by atoms with E-state index in [4.69, 9.17) is 28.5 Å². The summed E-state index contributed by atoms with van der Waals surface area (Å²) in [5.41, 5.74) is 1.24. The molecule has 0 aliphatic heterocycles. The van der Waals surface area contributed by atoms with Crippen LogP contribution >= 0.6 is 23.2 Å². The van der Waals surface area contributed by atoms with Crippen molar-refractivity contribution in [3.8, 4) is 6.07 Å². The zero-order valence-electron chi connectivity index (χ0n) is 9.43. The Morgan fingerprint density at radius 1 is 1.28 bits per heavy atom. The molecule has 4 nitrogen and oxygen atoms in total. The number of aromatic nitrogens is 2. The molecule has 0 radical (unpaired) electrons. The molecule has 6 heteroatoms. The van der Waals surface area contributed by atoms with Gasteiger partial charge in [-0.2, -0.15) is 10.2 Å². The van der Waals surface area contributed by atoms with Crippen LogP contribution in [-0.2, 0) is 0 Å². The number of hydrogen-bond donors (Lipinski definition) is 0. The lowest BCUT2D eigenvalue weighted by Gasteiger charge is -2.20. The number of nitriles is 1. The molecule has 0 aliphatic carbocycles. The van der Waals surface area contributed by atoms with Gasteiger partial charge in [0.05, 0.1) is 17.4 Å². The molecule has 0 bridgehead atoms. The second-order valence-corrected chi connectivity index (χ2v) is 4.24. The van der Waals surface area contributed by atoms with Crippen LogP contribution in [0.1, 0.15) is 5.56 Å². The van der Waals surface area contributed by atoms with E-state index in [0.29, 0.717) is 22.1 Å². The number of rotatable bonds is 2. The Balaban J connectivity index is 2.51. The highest BCUT2D eigenvalue weighted by Crippen LogP contribution is 2.30. The maximum Gasteiger partial charge on any atom is 0.224 e. The molecule has 2 rings (SSSR count). The van der Waals surface area contributed by atoms with Gasteiger partial charge in [0, 0.05) is 7.05 Å². The van der Waals surface area contributed by atoms with Crippen molar-refractivity contribution in [1.82, 2.24) is 9.97 Å². The number of benzene rings is 1. The Morgan fingerprint density at radius 3 is 2.72 bits per heavy atom. The molecule has 0 unspecified atom stereocenters. The smallest absolute Gasteiger partial charge is 0.224 e.